The Morgan fingerprint density at radius 1 is 0.435 bits per heavy atom. The van der Waals surface area contributed by atoms with E-state index in [1.807, 2.05) is 11.3 Å². The standard InChI is InChI=1S/C42H27BrN2S/c43-30-19-15-28(16-20-30)29-17-21-33(22-18-29)44(31-9-3-1-4-10-31)34-23-24-39-36(25-34)37-26-38-35-13-7-8-14-41(35)46-42(38)27-40(37)45(39)32-11-5-2-6-12-32/h1-27H. The van der Waals surface area contributed by atoms with Gasteiger partial charge in [-0.25, -0.2) is 0 Å². The zero-order chi connectivity index (χ0) is 30.6. The minimum absolute atomic E-state index is 1.08. The summed E-state index contributed by atoms with van der Waals surface area (Å²) in [6.07, 6.45) is 0. The first-order valence-electron chi connectivity index (χ1n) is 15.4. The number of hydrogen-bond acceptors (Lipinski definition) is 2. The molecule has 0 saturated carbocycles. The molecule has 7 aromatic carbocycles. The summed E-state index contributed by atoms with van der Waals surface area (Å²) in [5, 5.41) is 5.13. The molecule has 0 bridgehead atoms. The molecule has 0 spiro atoms. The van der Waals surface area contributed by atoms with E-state index in [0.717, 1.165) is 21.5 Å². The van der Waals surface area contributed by atoms with Crippen LogP contribution in [0.15, 0.2) is 168 Å². The van der Waals surface area contributed by atoms with Crippen molar-refractivity contribution in [3.63, 3.8) is 0 Å². The van der Waals surface area contributed by atoms with Crippen molar-refractivity contribution in [1.82, 2.24) is 4.57 Å². The van der Waals surface area contributed by atoms with E-state index in [1.54, 1.807) is 0 Å². The molecule has 9 rings (SSSR count). The Hall–Kier alpha value is -5.16. The molecule has 4 heteroatoms. The number of halogens is 1. The van der Waals surface area contributed by atoms with Crippen LogP contribution in [0.4, 0.5) is 17.1 Å². The summed E-state index contributed by atoms with van der Waals surface area (Å²) >= 11 is 5.43. The summed E-state index contributed by atoms with van der Waals surface area (Å²) in [4.78, 5) is 2.36. The Morgan fingerprint density at radius 2 is 1.04 bits per heavy atom. The predicted molar refractivity (Wildman–Crippen MR) is 201 cm³/mol. The fraction of sp³-hybridized carbons (Fsp3) is 0. The molecule has 0 radical (unpaired) electrons. The van der Waals surface area contributed by atoms with E-state index in [4.69, 9.17) is 0 Å². The van der Waals surface area contributed by atoms with E-state index >= 15 is 0 Å². The average Bonchev–Trinajstić information content (AvgIpc) is 3.63. The van der Waals surface area contributed by atoms with Gasteiger partial charge in [0.05, 0.1) is 11.0 Å². The normalized spacial score (nSPS) is 11.6. The minimum Gasteiger partial charge on any atom is -0.310 e. The molecule has 0 aliphatic carbocycles. The number of rotatable bonds is 5. The van der Waals surface area contributed by atoms with Crippen molar-refractivity contribution in [1.29, 1.82) is 0 Å². The summed E-state index contributed by atoms with van der Waals surface area (Å²) in [7, 11) is 0. The third-order valence-corrected chi connectivity index (χ3v) is 10.5. The van der Waals surface area contributed by atoms with Crippen LogP contribution in [0.1, 0.15) is 0 Å². The maximum absolute atomic E-state index is 3.56. The molecule has 0 unspecified atom stereocenters. The van der Waals surface area contributed by atoms with Crippen molar-refractivity contribution in [2.75, 3.05) is 4.90 Å². The van der Waals surface area contributed by atoms with Crippen molar-refractivity contribution in [3.05, 3.63) is 168 Å². The quantitative estimate of drug-likeness (QED) is 0.177. The van der Waals surface area contributed by atoms with E-state index in [-0.39, 0.29) is 0 Å². The summed E-state index contributed by atoms with van der Waals surface area (Å²) in [6.45, 7) is 0. The Morgan fingerprint density at radius 3 is 1.80 bits per heavy atom. The maximum atomic E-state index is 3.56. The summed E-state index contributed by atoms with van der Waals surface area (Å²) in [5.74, 6) is 0. The number of aromatic nitrogens is 1. The number of nitrogens with zero attached hydrogens (tertiary/aromatic N) is 2. The lowest BCUT2D eigenvalue weighted by Crippen LogP contribution is -2.09. The number of anilines is 3. The topological polar surface area (TPSA) is 8.17 Å². The highest BCUT2D eigenvalue weighted by Gasteiger charge is 2.19. The molecule has 2 aromatic heterocycles. The lowest BCUT2D eigenvalue weighted by atomic mass is 10.0. The van der Waals surface area contributed by atoms with Gasteiger partial charge < -0.3 is 9.47 Å². The third-order valence-electron chi connectivity index (χ3n) is 8.84. The highest BCUT2D eigenvalue weighted by Crippen LogP contribution is 2.43. The third kappa shape index (κ3) is 4.53. The highest BCUT2D eigenvalue weighted by atomic mass is 79.9. The van der Waals surface area contributed by atoms with Crippen LogP contribution in [0, 0.1) is 0 Å². The Kier molecular flexibility index (Phi) is 6.51. The largest absolute Gasteiger partial charge is 0.310 e. The number of thiophene rings is 1. The molecule has 0 aliphatic rings. The van der Waals surface area contributed by atoms with Gasteiger partial charge in [-0.1, -0.05) is 94.8 Å². The van der Waals surface area contributed by atoms with Crippen LogP contribution < -0.4 is 4.90 Å². The van der Waals surface area contributed by atoms with Crippen LogP contribution in [0.5, 0.6) is 0 Å². The molecule has 46 heavy (non-hydrogen) atoms. The van der Waals surface area contributed by atoms with Gasteiger partial charge in [0.2, 0.25) is 0 Å². The first kappa shape index (κ1) is 27.2. The zero-order valence-corrected chi connectivity index (χ0v) is 27.2. The van der Waals surface area contributed by atoms with Crippen molar-refractivity contribution in [2.24, 2.45) is 0 Å². The van der Waals surface area contributed by atoms with Crippen molar-refractivity contribution >= 4 is 86.3 Å². The van der Waals surface area contributed by atoms with Crippen molar-refractivity contribution in [2.45, 2.75) is 0 Å². The van der Waals surface area contributed by atoms with Crippen LogP contribution in [0.2, 0.25) is 0 Å². The number of fused-ring (bicyclic) bond motifs is 6. The Labute approximate surface area is 279 Å². The molecule has 0 N–H and O–H groups in total. The lowest BCUT2D eigenvalue weighted by Gasteiger charge is -2.26. The zero-order valence-electron chi connectivity index (χ0n) is 24.8. The SMILES string of the molecule is Brc1ccc(-c2ccc(N(c3ccccc3)c3ccc4c(c3)c3cc5c(cc3n4-c3ccccc3)sc3ccccc35)cc2)cc1. The molecule has 0 amide bonds. The van der Waals surface area contributed by atoms with Crippen LogP contribution in [-0.4, -0.2) is 4.57 Å². The van der Waals surface area contributed by atoms with Gasteiger partial charge in [-0.15, -0.1) is 11.3 Å². The minimum atomic E-state index is 1.08. The fourth-order valence-corrected chi connectivity index (χ4v) is 8.07. The smallest absolute Gasteiger partial charge is 0.0555 e. The second kappa shape index (κ2) is 11.0. The first-order chi connectivity index (χ1) is 22.7. The van der Waals surface area contributed by atoms with Gasteiger partial charge in [0.15, 0.2) is 0 Å². The van der Waals surface area contributed by atoms with Gasteiger partial charge in [-0.3, -0.25) is 0 Å². The second-order valence-electron chi connectivity index (χ2n) is 11.6. The molecule has 0 fully saturated rings. The van der Waals surface area contributed by atoms with Gasteiger partial charge in [-0.2, -0.15) is 0 Å². The molecule has 9 aromatic rings. The van der Waals surface area contributed by atoms with Gasteiger partial charge in [0.1, 0.15) is 0 Å². The van der Waals surface area contributed by atoms with E-state index in [1.165, 1.54) is 58.8 Å². The van der Waals surface area contributed by atoms with Crippen LogP contribution >= 0.6 is 27.3 Å². The molecule has 218 valence electrons. The molecule has 2 heterocycles. The Bertz CT molecular complexity index is 2510. The molecule has 0 saturated heterocycles. The van der Waals surface area contributed by atoms with Crippen LogP contribution in [0.3, 0.4) is 0 Å². The van der Waals surface area contributed by atoms with Crippen LogP contribution in [-0.2, 0) is 0 Å². The summed E-state index contributed by atoms with van der Waals surface area (Å²) in [5.41, 5.74) is 9.34. The monoisotopic (exact) mass is 670 g/mol. The average molecular weight is 672 g/mol. The number of hydrogen-bond donors (Lipinski definition) is 0. The Balaban J connectivity index is 1.27. The van der Waals surface area contributed by atoms with Gasteiger partial charge >= 0.3 is 0 Å². The lowest BCUT2D eigenvalue weighted by molar-refractivity contribution is 1.18. The molecule has 2 nitrogen and oxygen atoms in total. The van der Waals surface area contributed by atoms with Gasteiger partial charge in [0.25, 0.3) is 0 Å². The maximum Gasteiger partial charge on any atom is 0.0555 e. The number of benzene rings is 7. The van der Waals surface area contributed by atoms with E-state index in [9.17, 15) is 0 Å². The molecule has 0 aliphatic heterocycles. The summed E-state index contributed by atoms with van der Waals surface area (Å²) < 4.78 is 6.13. The fourth-order valence-electron chi connectivity index (χ4n) is 6.69. The van der Waals surface area contributed by atoms with Crippen molar-refractivity contribution < 1.29 is 0 Å². The van der Waals surface area contributed by atoms with Crippen LogP contribution in [0.25, 0.3) is 58.8 Å². The highest BCUT2D eigenvalue weighted by molar-refractivity contribution is 9.10. The second-order valence-corrected chi connectivity index (χ2v) is 13.6. The molecular formula is C42H27BrN2S. The van der Waals surface area contributed by atoms with Gasteiger partial charge in [-0.05, 0) is 96.1 Å². The van der Waals surface area contributed by atoms with E-state index in [2.05, 4.69) is 189 Å². The van der Waals surface area contributed by atoms with E-state index < -0.39 is 0 Å². The molecule has 0 atom stereocenters. The molecular weight excluding hydrogens is 644 g/mol. The first-order valence-corrected chi connectivity index (χ1v) is 17.0. The van der Waals surface area contributed by atoms with Gasteiger partial charge in [0, 0.05) is 58.2 Å². The van der Waals surface area contributed by atoms with Crippen molar-refractivity contribution in [3.8, 4) is 16.8 Å². The summed E-state index contributed by atoms with van der Waals surface area (Å²) in [6, 6.07) is 59.2. The van der Waals surface area contributed by atoms with E-state index in [0.29, 0.717) is 0 Å². The number of para-hydroxylation sites is 2. The predicted octanol–water partition coefficient (Wildman–Crippen LogP) is 13.1.